The Morgan fingerprint density at radius 2 is 1.92 bits per heavy atom. The van der Waals surface area contributed by atoms with Crippen LogP contribution in [0, 0.1) is 0 Å². The first-order valence-electron chi connectivity index (χ1n) is 8.83. The number of benzene rings is 1. The van der Waals surface area contributed by atoms with Crippen LogP contribution in [0.15, 0.2) is 48.8 Å². The lowest BCUT2D eigenvalue weighted by atomic mass is 10.0. The van der Waals surface area contributed by atoms with E-state index in [0.29, 0.717) is 6.04 Å². The number of nitrogens with one attached hydrogen (secondary N) is 1. The Morgan fingerprint density at radius 3 is 2.67 bits per heavy atom. The van der Waals surface area contributed by atoms with Crippen LogP contribution in [0.5, 0.6) is 0 Å². The Kier molecular flexibility index (Phi) is 5.83. The lowest BCUT2D eigenvalue weighted by molar-refractivity contribution is 0.252. The second-order valence-corrected chi connectivity index (χ2v) is 6.74. The smallest absolute Gasteiger partial charge is 0.0411 e. The Labute approximate surface area is 145 Å². The molecule has 2 aromatic rings. The highest BCUT2D eigenvalue weighted by Gasteiger charge is 2.21. The van der Waals surface area contributed by atoms with Gasteiger partial charge >= 0.3 is 0 Å². The number of rotatable bonds is 6. The number of hydrogen-bond donors (Lipinski definition) is 1. The van der Waals surface area contributed by atoms with Gasteiger partial charge in [-0.05, 0) is 56.2 Å². The van der Waals surface area contributed by atoms with E-state index in [1.54, 1.807) is 0 Å². The van der Waals surface area contributed by atoms with Crippen LogP contribution in [0.1, 0.15) is 24.0 Å². The molecule has 1 aliphatic rings. The first kappa shape index (κ1) is 16.9. The van der Waals surface area contributed by atoms with Gasteiger partial charge in [0.2, 0.25) is 0 Å². The highest BCUT2D eigenvalue weighted by molar-refractivity contribution is 5.54. The molecule has 0 unspecified atom stereocenters. The second-order valence-electron chi connectivity index (χ2n) is 6.74. The summed E-state index contributed by atoms with van der Waals surface area (Å²) in [6.45, 7) is 4.11. The highest BCUT2D eigenvalue weighted by Crippen LogP contribution is 2.25. The van der Waals surface area contributed by atoms with E-state index >= 15 is 0 Å². The van der Waals surface area contributed by atoms with Crippen LogP contribution in [0.25, 0.3) is 0 Å². The zero-order chi connectivity index (χ0) is 16.8. The van der Waals surface area contributed by atoms with E-state index in [1.165, 1.54) is 42.7 Å². The van der Waals surface area contributed by atoms with Crippen molar-refractivity contribution in [1.29, 1.82) is 0 Å². The van der Waals surface area contributed by atoms with Gasteiger partial charge in [-0.15, -0.1) is 0 Å². The van der Waals surface area contributed by atoms with Crippen molar-refractivity contribution in [3.05, 3.63) is 59.9 Å². The van der Waals surface area contributed by atoms with Gasteiger partial charge in [0.1, 0.15) is 0 Å². The van der Waals surface area contributed by atoms with Crippen LogP contribution >= 0.6 is 0 Å². The summed E-state index contributed by atoms with van der Waals surface area (Å²) in [5.74, 6) is 0. The number of hydrogen-bond acceptors (Lipinski definition) is 4. The van der Waals surface area contributed by atoms with Crippen molar-refractivity contribution in [1.82, 2.24) is 15.2 Å². The molecule has 1 N–H and O–H groups in total. The van der Waals surface area contributed by atoms with Gasteiger partial charge in [0.25, 0.3) is 0 Å². The summed E-state index contributed by atoms with van der Waals surface area (Å²) in [6.07, 6.45) is 6.22. The van der Waals surface area contributed by atoms with Crippen LogP contribution in [0.3, 0.4) is 0 Å². The SMILES string of the molecule is CN1CCC(N(C)c2ccccc2CNCc2cccnc2)CC1. The van der Waals surface area contributed by atoms with E-state index in [9.17, 15) is 0 Å². The number of pyridine rings is 1. The third-order valence-electron chi connectivity index (χ3n) is 4.97. The summed E-state index contributed by atoms with van der Waals surface area (Å²) < 4.78 is 0. The monoisotopic (exact) mass is 324 g/mol. The third-order valence-corrected chi connectivity index (χ3v) is 4.97. The molecule has 0 amide bonds. The van der Waals surface area contributed by atoms with Crippen LogP contribution in [-0.4, -0.2) is 43.1 Å². The number of piperidine rings is 1. The van der Waals surface area contributed by atoms with Gasteiger partial charge in [0.15, 0.2) is 0 Å². The van der Waals surface area contributed by atoms with Gasteiger partial charge in [-0.25, -0.2) is 0 Å². The average molecular weight is 324 g/mol. The van der Waals surface area contributed by atoms with Crippen LogP contribution in [0.4, 0.5) is 5.69 Å². The van der Waals surface area contributed by atoms with Crippen molar-refractivity contribution in [2.45, 2.75) is 32.0 Å². The number of aromatic nitrogens is 1. The second kappa shape index (κ2) is 8.27. The first-order valence-corrected chi connectivity index (χ1v) is 8.83. The molecule has 24 heavy (non-hydrogen) atoms. The van der Waals surface area contributed by atoms with E-state index in [2.05, 4.69) is 64.5 Å². The Hall–Kier alpha value is -1.91. The van der Waals surface area contributed by atoms with Gasteiger partial charge in [-0.1, -0.05) is 24.3 Å². The molecule has 0 bridgehead atoms. The molecule has 1 fully saturated rings. The van der Waals surface area contributed by atoms with Crippen molar-refractivity contribution >= 4 is 5.69 Å². The molecule has 0 atom stereocenters. The van der Waals surface area contributed by atoms with Gasteiger partial charge in [-0.3, -0.25) is 4.98 Å². The molecule has 1 aromatic heterocycles. The molecule has 0 spiro atoms. The van der Waals surface area contributed by atoms with Crippen LogP contribution in [-0.2, 0) is 13.1 Å². The third kappa shape index (κ3) is 4.34. The average Bonchev–Trinajstić information content (AvgIpc) is 2.63. The largest absolute Gasteiger partial charge is 0.371 e. The predicted molar refractivity (Wildman–Crippen MR) is 100 cm³/mol. The fourth-order valence-electron chi connectivity index (χ4n) is 3.43. The maximum absolute atomic E-state index is 4.17. The molecule has 0 radical (unpaired) electrons. The van der Waals surface area contributed by atoms with Crippen molar-refractivity contribution in [2.24, 2.45) is 0 Å². The lowest BCUT2D eigenvalue weighted by Gasteiger charge is -2.37. The molecule has 3 rings (SSSR count). The molecule has 1 saturated heterocycles. The molecule has 1 aliphatic heterocycles. The summed E-state index contributed by atoms with van der Waals surface area (Å²) in [4.78, 5) is 9.07. The summed E-state index contributed by atoms with van der Waals surface area (Å²) >= 11 is 0. The quantitative estimate of drug-likeness (QED) is 0.885. The number of anilines is 1. The Balaban J connectivity index is 1.62. The summed E-state index contributed by atoms with van der Waals surface area (Å²) in [5, 5.41) is 3.55. The van der Waals surface area contributed by atoms with E-state index in [4.69, 9.17) is 0 Å². The van der Waals surface area contributed by atoms with Crippen molar-refractivity contribution < 1.29 is 0 Å². The van der Waals surface area contributed by atoms with Gasteiger partial charge in [0, 0.05) is 44.3 Å². The number of para-hydroxylation sites is 1. The fourth-order valence-corrected chi connectivity index (χ4v) is 3.43. The normalized spacial score (nSPS) is 16.2. The van der Waals surface area contributed by atoms with Gasteiger partial charge in [0.05, 0.1) is 0 Å². The number of likely N-dealkylation sites (tertiary alicyclic amines) is 1. The van der Waals surface area contributed by atoms with Crippen LogP contribution in [0.2, 0.25) is 0 Å². The van der Waals surface area contributed by atoms with Crippen molar-refractivity contribution in [3.63, 3.8) is 0 Å². The minimum absolute atomic E-state index is 0.640. The summed E-state index contributed by atoms with van der Waals surface area (Å²) in [5.41, 5.74) is 3.94. The number of nitrogens with zero attached hydrogens (tertiary/aromatic N) is 3. The molecule has 4 heteroatoms. The maximum atomic E-state index is 4.17. The Bertz CT molecular complexity index is 621. The highest BCUT2D eigenvalue weighted by atomic mass is 15.2. The molecule has 2 heterocycles. The predicted octanol–water partition coefficient (Wildman–Crippen LogP) is 2.90. The molecule has 0 aliphatic carbocycles. The van der Waals surface area contributed by atoms with E-state index in [0.717, 1.165) is 13.1 Å². The van der Waals surface area contributed by atoms with E-state index < -0.39 is 0 Å². The summed E-state index contributed by atoms with van der Waals surface area (Å²) in [6, 6.07) is 13.5. The standard InChI is InChI=1S/C20H28N4/c1-23-12-9-19(10-13-23)24(2)20-8-4-3-7-18(20)16-22-15-17-6-5-11-21-14-17/h3-8,11,14,19,22H,9-10,12-13,15-16H2,1-2H3. The molecule has 1 aromatic carbocycles. The first-order chi connectivity index (χ1) is 11.7. The maximum Gasteiger partial charge on any atom is 0.0411 e. The minimum Gasteiger partial charge on any atom is -0.371 e. The lowest BCUT2D eigenvalue weighted by Crippen LogP contribution is -2.42. The van der Waals surface area contributed by atoms with E-state index in [-0.39, 0.29) is 0 Å². The molecular formula is C20H28N4. The van der Waals surface area contributed by atoms with Crippen molar-refractivity contribution in [3.8, 4) is 0 Å². The van der Waals surface area contributed by atoms with Crippen LogP contribution < -0.4 is 10.2 Å². The Morgan fingerprint density at radius 1 is 1.12 bits per heavy atom. The van der Waals surface area contributed by atoms with E-state index in [1.807, 2.05) is 18.5 Å². The fraction of sp³-hybridized carbons (Fsp3) is 0.450. The minimum atomic E-state index is 0.640. The molecule has 4 nitrogen and oxygen atoms in total. The molecular weight excluding hydrogens is 296 g/mol. The zero-order valence-corrected chi connectivity index (χ0v) is 14.8. The van der Waals surface area contributed by atoms with Gasteiger partial charge < -0.3 is 15.1 Å². The van der Waals surface area contributed by atoms with Gasteiger partial charge in [-0.2, -0.15) is 0 Å². The summed E-state index contributed by atoms with van der Waals surface area (Å²) in [7, 11) is 4.46. The topological polar surface area (TPSA) is 31.4 Å². The molecule has 128 valence electrons. The molecule has 0 saturated carbocycles. The zero-order valence-electron chi connectivity index (χ0n) is 14.8. The van der Waals surface area contributed by atoms with Crippen molar-refractivity contribution in [2.75, 3.05) is 32.1 Å².